The molecule has 538 valence electrons. The fraction of sp³-hybridized carbons (Fsp3) is 0.747. The molecule has 4 N–H and O–H groups in total. The van der Waals surface area contributed by atoms with Crippen LogP contribution in [0.1, 0.15) is 303 Å². The summed E-state index contributed by atoms with van der Waals surface area (Å²) in [7, 11) is -9.77. The van der Waals surface area contributed by atoms with Gasteiger partial charge < -0.3 is 34.2 Å². The monoisotopic (exact) mass is 1350 g/mol. The average molecular weight is 1350 g/mol. The largest absolute Gasteiger partial charge is 0.472 e. The Morgan fingerprint density at radius 2 is 0.570 bits per heavy atom. The molecule has 0 aliphatic rings. The maximum atomic E-state index is 12.9. The van der Waals surface area contributed by atoms with E-state index < -0.39 is 91.5 Å². The Labute approximate surface area is 565 Å². The summed E-state index contributed by atoms with van der Waals surface area (Å²) in [6.45, 7) is 2.45. The summed E-state index contributed by atoms with van der Waals surface area (Å²) in [5.74, 6) is -1.59. The molecule has 0 bridgehead atoms. The van der Waals surface area contributed by atoms with E-state index in [2.05, 4.69) is 118 Å². The highest BCUT2D eigenvalue weighted by Gasteiger charge is 2.29. The summed E-state index contributed by atoms with van der Waals surface area (Å²) < 4.78 is 60.9. The zero-order valence-electron chi connectivity index (χ0n) is 58.4. The van der Waals surface area contributed by atoms with Crippen LogP contribution < -0.4 is 0 Å². The van der Waals surface area contributed by atoms with Crippen LogP contribution in [-0.4, -0.2) is 95.9 Å². The van der Waals surface area contributed by atoms with Gasteiger partial charge in [-0.25, -0.2) is 9.13 Å². The highest BCUT2D eigenvalue weighted by molar-refractivity contribution is 7.47. The molecule has 5 atom stereocenters. The van der Waals surface area contributed by atoms with Crippen LogP contribution in [0.25, 0.3) is 0 Å². The molecule has 0 saturated heterocycles. The second-order valence-electron chi connectivity index (χ2n) is 24.3. The Kier molecular flexibility index (Phi) is 65.8. The molecule has 0 aliphatic carbocycles. The Morgan fingerprint density at radius 3 is 0.903 bits per heavy atom. The predicted octanol–water partition coefficient (Wildman–Crippen LogP) is 20.6. The van der Waals surface area contributed by atoms with Gasteiger partial charge in [-0.3, -0.25) is 32.5 Å². The van der Waals surface area contributed by atoms with E-state index in [9.17, 15) is 43.5 Å². The van der Waals surface area contributed by atoms with E-state index in [0.29, 0.717) is 19.3 Å². The van der Waals surface area contributed by atoms with Gasteiger partial charge >= 0.3 is 33.6 Å². The number of rotatable bonds is 69. The van der Waals surface area contributed by atoms with E-state index in [1.54, 1.807) is 0 Å². The Hall–Kier alpha value is -3.53. The van der Waals surface area contributed by atoms with Crippen LogP contribution in [0.2, 0.25) is 0 Å². The SMILES string of the molecule is CC/C=C\C/C=C\C/C=C\C/C=C\C/C=C\CCCCCCCCCCCCCCCC(=O)OCC(O)COP(=O)(O)OCC(O)COP(=O)(O)OCC(COC(=O)CCCCCCC/C=C\C/C=C\C/C=C\CC)OC(=O)CCCCCCCCCCCCCCC. The number of phosphoric ester groups is 2. The molecule has 0 fully saturated rings. The van der Waals surface area contributed by atoms with Crippen molar-refractivity contribution in [2.75, 3.05) is 39.6 Å². The summed E-state index contributed by atoms with van der Waals surface area (Å²) in [5, 5.41) is 20.6. The molecule has 0 aromatic carbocycles. The summed E-state index contributed by atoms with van der Waals surface area (Å²) in [6, 6.07) is 0. The number of carbonyl (C=O) groups excluding carboxylic acids is 3. The molecule has 0 amide bonds. The summed E-state index contributed by atoms with van der Waals surface area (Å²) in [5.41, 5.74) is 0. The molecular weight excluding hydrogens is 1220 g/mol. The number of phosphoric acid groups is 2. The lowest BCUT2D eigenvalue weighted by molar-refractivity contribution is -0.161. The molecule has 0 spiro atoms. The molecule has 0 rings (SSSR count). The molecule has 93 heavy (non-hydrogen) atoms. The van der Waals surface area contributed by atoms with Crippen molar-refractivity contribution >= 4 is 33.6 Å². The molecule has 0 aromatic heterocycles. The van der Waals surface area contributed by atoms with Crippen molar-refractivity contribution in [1.82, 2.24) is 0 Å². The fourth-order valence-corrected chi connectivity index (χ4v) is 11.4. The first-order chi connectivity index (χ1) is 45.2. The molecule has 0 aliphatic heterocycles. The van der Waals surface area contributed by atoms with Crippen LogP contribution in [0.5, 0.6) is 0 Å². The Morgan fingerprint density at radius 1 is 0.312 bits per heavy atom. The third-order valence-corrected chi connectivity index (χ3v) is 17.2. The number of hydrogen-bond acceptors (Lipinski definition) is 14. The van der Waals surface area contributed by atoms with Crippen molar-refractivity contribution in [1.29, 1.82) is 0 Å². The number of ether oxygens (including phenoxy) is 3. The van der Waals surface area contributed by atoms with Crippen LogP contribution in [0.4, 0.5) is 0 Å². The van der Waals surface area contributed by atoms with Crippen LogP contribution in [0, 0.1) is 0 Å². The lowest BCUT2D eigenvalue weighted by Gasteiger charge is -2.21. The van der Waals surface area contributed by atoms with Gasteiger partial charge in [0.1, 0.15) is 25.4 Å². The quantitative estimate of drug-likeness (QED) is 0.0146. The Bertz CT molecular complexity index is 2080. The number of esters is 3. The molecule has 0 saturated carbocycles. The Balaban J connectivity index is 4.44. The number of aliphatic hydroxyl groups excluding tert-OH is 2. The van der Waals surface area contributed by atoms with Crippen molar-refractivity contribution in [2.24, 2.45) is 0 Å². The number of aliphatic hydroxyl groups is 2. The lowest BCUT2D eigenvalue weighted by atomic mass is 10.0. The maximum Gasteiger partial charge on any atom is 0.472 e. The number of hydrogen-bond donors (Lipinski definition) is 4. The number of unbranched alkanes of at least 4 members (excludes halogenated alkanes) is 30. The number of carbonyl (C=O) groups is 3. The first-order valence-electron chi connectivity index (χ1n) is 36.5. The van der Waals surface area contributed by atoms with E-state index in [-0.39, 0.29) is 19.3 Å². The van der Waals surface area contributed by atoms with E-state index >= 15 is 0 Å². The molecule has 5 unspecified atom stereocenters. The van der Waals surface area contributed by atoms with Gasteiger partial charge in [0.05, 0.1) is 26.4 Å². The first kappa shape index (κ1) is 89.5. The van der Waals surface area contributed by atoms with Gasteiger partial charge in [0.25, 0.3) is 0 Å². The lowest BCUT2D eigenvalue weighted by Crippen LogP contribution is -2.30. The topological polar surface area (TPSA) is 231 Å². The summed E-state index contributed by atoms with van der Waals surface area (Å²) >= 11 is 0. The van der Waals surface area contributed by atoms with E-state index in [1.165, 1.54) is 109 Å². The zero-order valence-corrected chi connectivity index (χ0v) is 60.2. The molecule has 0 radical (unpaired) electrons. The zero-order chi connectivity index (χ0) is 68.1. The fourth-order valence-electron chi connectivity index (χ4n) is 9.79. The maximum absolute atomic E-state index is 12.9. The van der Waals surface area contributed by atoms with Crippen molar-refractivity contribution in [3.05, 3.63) is 97.2 Å². The van der Waals surface area contributed by atoms with Crippen LogP contribution in [-0.2, 0) is 55.8 Å². The van der Waals surface area contributed by atoms with Crippen molar-refractivity contribution in [3.8, 4) is 0 Å². The summed E-state index contributed by atoms with van der Waals surface area (Å²) in [4.78, 5) is 58.4. The van der Waals surface area contributed by atoms with Gasteiger partial charge in [-0.15, -0.1) is 0 Å². The van der Waals surface area contributed by atoms with Gasteiger partial charge in [-0.1, -0.05) is 285 Å². The average Bonchev–Trinajstić information content (AvgIpc) is 2.91. The smallest absolute Gasteiger partial charge is 0.463 e. The molecule has 18 heteroatoms. The number of allylic oxidation sites excluding steroid dienone is 16. The van der Waals surface area contributed by atoms with Gasteiger partial charge in [0.15, 0.2) is 6.10 Å². The van der Waals surface area contributed by atoms with Crippen LogP contribution >= 0.6 is 15.6 Å². The molecule has 0 heterocycles. The predicted molar refractivity (Wildman–Crippen MR) is 381 cm³/mol. The highest BCUT2D eigenvalue weighted by atomic mass is 31.2. The van der Waals surface area contributed by atoms with Crippen LogP contribution in [0.15, 0.2) is 97.2 Å². The first-order valence-corrected chi connectivity index (χ1v) is 39.5. The van der Waals surface area contributed by atoms with Crippen molar-refractivity contribution < 1.29 is 75.8 Å². The molecule has 16 nitrogen and oxygen atoms in total. The van der Waals surface area contributed by atoms with E-state index in [0.717, 1.165) is 135 Å². The van der Waals surface area contributed by atoms with E-state index in [4.69, 9.17) is 32.3 Å². The van der Waals surface area contributed by atoms with Gasteiger partial charge in [-0.05, 0) is 96.3 Å². The van der Waals surface area contributed by atoms with Crippen LogP contribution in [0.3, 0.4) is 0 Å². The van der Waals surface area contributed by atoms with Gasteiger partial charge in [0, 0.05) is 19.3 Å². The minimum absolute atomic E-state index is 0.104. The van der Waals surface area contributed by atoms with Gasteiger partial charge in [0.2, 0.25) is 0 Å². The second-order valence-corrected chi connectivity index (χ2v) is 27.2. The second kappa shape index (κ2) is 68.4. The third kappa shape index (κ3) is 69.6. The third-order valence-electron chi connectivity index (χ3n) is 15.3. The minimum atomic E-state index is -4.92. The highest BCUT2D eigenvalue weighted by Crippen LogP contribution is 2.45. The van der Waals surface area contributed by atoms with Crippen molar-refractivity contribution in [3.63, 3.8) is 0 Å². The summed E-state index contributed by atoms with van der Waals surface area (Å²) in [6.07, 6.45) is 76.1. The molecular formula is C75H132O16P2. The molecule has 0 aromatic rings. The standard InChI is InChI=1S/C75H132O16P2/c1-4-7-10-13-16-19-22-25-27-28-29-30-31-32-33-34-35-36-37-38-39-40-42-45-46-49-52-55-58-61-73(78)85-64-70(76)65-87-92(81,82)88-66-71(77)67-89-93(83,84)90-69-72(91-75(80)63-60-57-54-51-48-43-24-21-18-15-12-9-6-3)68-86-74(79)62-59-56-53-50-47-44-41-26-23-20-17-14-11-8-5-2/h7-8,10-11,16-17,19-20,25-27,29-30,32-33,41,70-72,76-77H,4-6,9,12-15,18,21-24,28,31,34-40,42-69H2,1-3H3,(H,81,82)(H,83,84)/b10-7-,11-8-,19-16-,20-17-,27-25-,30-29-,33-32-,41-26-. The normalized spacial score (nSPS) is 14.7. The van der Waals surface area contributed by atoms with E-state index in [1.807, 2.05) is 0 Å². The van der Waals surface area contributed by atoms with Gasteiger partial charge in [-0.2, -0.15) is 0 Å². The van der Waals surface area contributed by atoms with Crippen molar-refractivity contribution in [2.45, 2.75) is 322 Å². The minimum Gasteiger partial charge on any atom is -0.463 e.